The van der Waals surface area contributed by atoms with Crippen LogP contribution in [-0.2, 0) is 0 Å². The van der Waals surface area contributed by atoms with Gasteiger partial charge >= 0.3 is 0 Å². The van der Waals surface area contributed by atoms with E-state index >= 15 is 0 Å². The lowest BCUT2D eigenvalue weighted by Gasteiger charge is -2.01. The van der Waals surface area contributed by atoms with E-state index in [4.69, 9.17) is 22.6 Å². The predicted octanol–water partition coefficient (Wildman–Crippen LogP) is 4.61. The average molecular weight is 316 g/mol. The van der Waals surface area contributed by atoms with Crippen molar-refractivity contribution in [3.63, 3.8) is 0 Å². The van der Waals surface area contributed by atoms with Crippen LogP contribution >= 0.6 is 34.3 Å². The molecule has 0 amide bonds. The van der Waals surface area contributed by atoms with Crippen molar-refractivity contribution in [1.82, 2.24) is 0 Å². The standard InChI is InChI=1S/C14H6ClN3S2/c15-8-3-1-7(2-4-8)11-9(5-16)19-14-12(11)13(18)10(6-17)20-14/h1-4H,18H2. The Balaban J connectivity index is 2.38. The normalized spacial score (nSPS) is 10.3. The van der Waals surface area contributed by atoms with Gasteiger partial charge in [-0.25, -0.2) is 0 Å². The van der Waals surface area contributed by atoms with Crippen LogP contribution in [0.1, 0.15) is 9.75 Å². The number of fused-ring (bicyclic) bond motifs is 1. The van der Waals surface area contributed by atoms with Crippen LogP contribution in [0.5, 0.6) is 0 Å². The Morgan fingerprint density at radius 3 is 2.20 bits per heavy atom. The molecule has 2 N–H and O–H groups in total. The maximum absolute atomic E-state index is 9.30. The Bertz CT molecular complexity index is 892. The number of rotatable bonds is 1. The first-order valence-corrected chi connectivity index (χ1v) is 7.57. The van der Waals surface area contributed by atoms with Gasteiger partial charge < -0.3 is 5.73 Å². The van der Waals surface area contributed by atoms with E-state index in [0.29, 0.717) is 20.5 Å². The third-order valence-corrected chi connectivity index (χ3v) is 5.47. The van der Waals surface area contributed by atoms with Gasteiger partial charge in [-0.05, 0) is 17.7 Å². The molecule has 0 bridgehead atoms. The molecule has 1 aromatic carbocycles. The SMILES string of the molecule is N#Cc1sc2sc(C#N)c(-c3ccc(Cl)cc3)c2c1N. The van der Waals surface area contributed by atoms with Gasteiger partial charge in [0.1, 0.15) is 21.9 Å². The fourth-order valence-corrected chi connectivity index (χ4v) is 4.46. The van der Waals surface area contributed by atoms with Gasteiger partial charge in [0.05, 0.1) is 9.70 Å². The second kappa shape index (κ2) is 4.81. The van der Waals surface area contributed by atoms with E-state index in [9.17, 15) is 5.26 Å². The van der Waals surface area contributed by atoms with E-state index < -0.39 is 0 Å². The number of nitrogens with zero attached hydrogens (tertiary/aromatic N) is 2. The summed E-state index contributed by atoms with van der Waals surface area (Å²) in [5.74, 6) is 0. The average Bonchev–Trinajstić information content (AvgIpc) is 2.96. The molecule has 3 rings (SSSR count). The molecular weight excluding hydrogens is 310 g/mol. The molecule has 3 nitrogen and oxygen atoms in total. The van der Waals surface area contributed by atoms with E-state index in [2.05, 4.69) is 12.1 Å². The van der Waals surface area contributed by atoms with Crippen LogP contribution in [-0.4, -0.2) is 0 Å². The molecule has 2 heterocycles. The molecule has 0 radical (unpaired) electrons. The van der Waals surface area contributed by atoms with Gasteiger partial charge in [-0.2, -0.15) is 10.5 Å². The monoisotopic (exact) mass is 315 g/mol. The van der Waals surface area contributed by atoms with Gasteiger partial charge in [-0.3, -0.25) is 0 Å². The van der Waals surface area contributed by atoms with Crippen molar-refractivity contribution in [2.45, 2.75) is 0 Å². The molecule has 2 aromatic heterocycles. The zero-order chi connectivity index (χ0) is 14.3. The first kappa shape index (κ1) is 13.0. The highest BCUT2D eigenvalue weighted by molar-refractivity contribution is 7.39. The summed E-state index contributed by atoms with van der Waals surface area (Å²) in [5.41, 5.74) is 8.17. The van der Waals surface area contributed by atoms with Crippen molar-refractivity contribution in [2.75, 3.05) is 5.73 Å². The number of hydrogen-bond acceptors (Lipinski definition) is 5. The Hall–Kier alpha value is -2.05. The summed E-state index contributed by atoms with van der Waals surface area (Å²) >= 11 is 8.59. The Morgan fingerprint density at radius 2 is 1.60 bits per heavy atom. The summed E-state index contributed by atoms with van der Waals surface area (Å²) in [6, 6.07) is 11.6. The van der Waals surface area contributed by atoms with Crippen LogP contribution in [0.15, 0.2) is 24.3 Å². The van der Waals surface area contributed by atoms with Crippen molar-refractivity contribution in [3.05, 3.63) is 39.0 Å². The van der Waals surface area contributed by atoms with E-state index in [1.807, 2.05) is 12.1 Å². The van der Waals surface area contributed by atoms with Crippen LogP contribution in [0.4, 0.5) is 5.69 Å². The molecule has 0 aliphatic rings. The molecule has 0 fully saturated rings. The minimum Gasteiger partial charge on any atom is -0.396 e. The molecule has 0 unspecified atom stereocenters. The third-order valence-electron chi connectivity index (χ3n) is 2.92. The Kier molecular flexibility index (Phi) is 3.11. The molecule has 0 saturated carbocycles. The predicted molar refractivity (Wildman–Crippen MR) is 84.0 cm³/mol. The van der Waals surface area contributed by atoms with Gasteiger partial charge in [0.15, 0.2) is 0 Å². The van der Waals surface area contributed by atoms with Crippen molar-refractivity contribution < 1.29 is 0 Å². The number of nitriles is 2. The van der Waals surface area contributed by atoms with Crippen molar-refractivity contribution in [3.8, 4) is 23.3 Å². The second-order valence-electron chi connectivity index (χ2n) is 4.04. The summed E-state index contributed by atoms with van der Waals surface area (Å²) in [7, 11) is 0. The summed E-state index contributed by atoms with van der Waals surface area (Å²) in [6.07, 6.45) is 0. The molecule has 0 aliphatic heterocycles. The summed E-state index contributed by atoms with van der Waals surface area (Å²) in [5, 5.41) is 19.8. The number of thiophene rings is 2. The number of hydrogen-bond donors (Lipinski definition) is 1. The lowest BCUT2D eigenvalue weighted by Crippen LogP contribution is -1.87. The Labute approximate surface area is 128 Å². The highest BCUT2D eigenvalue weighted by Gasteiger charge is 2.20. The highest BCUT2D eigenvalue weighted by atomic mass is 35.5. The van der Waals surface area contributed by atoms with Crippen molar-refractivity contribution >= 4 is 49.4 Å². The quantitative estimate of drug-likeness (QED) is 0.712. The molecule has 6 heteroatoms. The lowest BCUT2D eigenvalue weighted by atomic mass is 10.0. The van der Waals surface area contributed by atoms with E-state index in [-0.39, 0.29) is 0 Å². The number of benzene rings is 1. The molecule has 96 valence electrons. The minimum absolute atomic E-state index is 0.454. The van der Waals surface area contributed by atoms with Crippen LogP contribution in [0.3, 0.4) is 0 Å². The maximum Gasteiger partial charge on any atom is 0.129 e. The van der Waals surface area contributed by atoms with Crippen molar-refractivity contribution in [1.29, 1.82) is 10.5 Å². The van der Waals surface area contributed by atoms with Crippen LogP contribution in [0.25, 0.3) is 20.5 Å². The summed E-state index contributed by atoms with van der Waals surface area (Å²) < 4.78 is 0.903. The van der Waals surface area contributed by atoms with Gasteiger partial charge in [-0.15, -0.1) is 22.7 Å². The summed E-state index contributed by atoms with van der Waals surface area (Å²) in [6.45, 7) is 0. The molecule has 3 aromatic rings. The molecule has 20 heavy (non-hydrogen) atoms. The second-order valence-corrected chi connectivity index (χ2v) is 6.78. The molecule has 0 aliphatic carbocycles. The van der Waals surface area contributed by atoms with Gasteiger partial charge in [0.2, 0.25) is 0 Å². The molecule has 0 saturated heterocycles. The topological polar surface area (TPSA) is 73.6 Å². The van der Waals surface area contributed by atoms with Gasteiger partial charge in [0.25, 0.3) is 0 Å². The first-order valence-electron chi connectivity index (χ1n) is 5.56. The highest BCUT2D eigenvalue weighted by Crippen LogP contribution is 2.46. The zero-order valence-corrected chi connectivity index (χ0v) is 12.4. The third kappa shape index (κ3) is 1.85. The maximum atomic E-state index is 9.30. The van der Waals surface area contributed by atoms with Gasteiger partial charge in [0, 0.05) is 16.0 Å². The van der Waals surface area contributed by atoms with E-state index in [1.165, 1.54) is 22.7 Å². The Morgan fingerprint density at radius 1 is 1.00 bits per heavy atom. The molecule has 0 atom stereocenters. The number of nitrogen functional groups attached to an aromatic ring is 1. The zero-order valence-electron chi connectivity index (χ0n) is 9.98. The number of nitrogens with two attached hydrogens (primary N) is 1. The number of anilines is 1. The smallest absolute Gasteiger partial charge is 0.129 e. The number of halogens is 1. The first-order chi connectivity index (χ1) is 9.65. The molecule has 0 spiro atoms. The van der Waals surface area contributed by atoms with Crippen LogP contribution in [0.2, 0.25) is 5.02 Å². The minimum atomic E-state index is 0.454. The largest absolute Gasteiger partial charge is 0.396 e. The lowest BCUT2D eigenvalue weighted by molar-refractivity contribution is 1.52. The van der Waals surface area contributed by atoms with E-state index in [1.54, 1.807) is 12.1 Å². The van der Waals surface area contributed by atoms with E-state index in [0.717, 1.165) is 20.5 Å². The van der Waals surface area contributed by atoms with Crippen LogP contribution < -0.4 is 5.73 Å². The fraction of sp³-hybridized carbons (Fsp3) is 0. The van der Waals surface area contributed by atoms with Crippen molar-refractivity contribution in [2.24, 2.45) is 0 Å². The fourth-order valence-electron chi connectivity index (χ4n) is 2.04. The van der Waals surface area contributed by atoms with Gasteiger partial charge in [-0.1, -0.05) is 23.7 Å². The van der Waals surface area contributed by atoms with Crippen LogP contribution in [0, 0.1) is 22.7 Å². The summed E-state index contributed by atoms with van der Waals surface area (Å²) in [4.78, 5) is 1.09. The molecular formula is C14H6ClN3S2.